The van der Waals surface area contributed by atoms with Crippen LogP contribution in [0.1, 0.15) is 19.8 Å². The SMILES string of the molecule is CCC(CC(N)=S)NC(=O)Nc1ccccc1. The minimum atomic E-state index is -0.237. The van der Waals surface area contributed by atoms with E-state index in [0.717, 1.165) is 12.1 Å². The van der Waals surface area contributed by atoms with E-state index in [2.05, 4.69) is 10.6 Å². The maximum Gasteiger partial charge on any atom is 0.319 e. The van der Waals surface area contributed by atoms with Crippen molar-refractivity contribution >= 4 is 28.9 Å². The van der Waals surface area contributed by atoms with Gasteiger partial charge in [0, 0.05) is 18.2 Å². The number of thiocarbonyl (C=S) groups is 1. The minimum Gasteiger partial charge on any atom is -0.393 e. The summed E-state index contributed by atoms with van der Waals surface area (Å²) in [7, 11) is 0. The number of nitrogens with one attached hydrogen (secondary N) is 2. The van der Waals surface area contributed by atoms with Crippen molar-refractivity contribution in [3.63, 3.8) is 0 Å². The molecule has 0 aliphatic carbocycles. The average molecular weight is 251 g/mol. The summed E-state index contributed by atoms with van der Waals surface area (Å²) in [6.07, 6.45) is 1.31. The molecule has 0 heterocycles. The van der Waals surface area contributed by atoms with Gasteiger partial charge >= 0.3 is 6.03 Å². The van der Waals surface area contributed by atoms with Gasteiger partial charge in [-0.1, -0.05) is 37.3 Å². The van der Waals surface area contributed by atoms with Crippen molar-refractivity contribution in [2.24, 2.45) is 5.73 Å². The zero-order chi connectivity index (χ0) is 12.7. The van der Waals surface area contributed by atoms with Crippen LogP contribution >= 0.6 is 12.2 Å². The lowest BCUT2D eigenvalue weighted by atomic mass is 10.1. The van der Waals surface area contributed by atoms with Gasteiger partial charge in [-0.25, -0.2) is 4.79 Å². The third-order valence-electron chi connectivity index (χ3n) is 2.31. The lowest BCUT2D eigenvalue weighted by Crippen LogP contribution is -2.39. The molecule has 1 rings (SSSR count). The second kappa shape index (κ2) is 6.85. The molecule has 1 aromatic rings. The molecule has 0 spiro atoms. The second-order valence-corrected chi connectivity index (χ2v) is 4.26. The molecule has 0 bridgehead atoms. The molecule has 17 heavy (non-hydrogen) atoms. The molecule has 0 saturated carbocycles. The Morgan fingerprint density at radius 1 is 1.41 bits per heavy atom. The van der Waals surface area contributed by atoms with Crippen LogP contribution in [0.2, 0.25) is 0 Å². The van der Waals surface area contributed by atoms with E-state index in [1.165, 1.54) is 0 Å². The van der Waals surface area contributed by atoms with E-state index in [9.17, 15) is 4.79 Å². The first-order chi connectivity index (χ1) is 8.11. The van der Waals surface area contributed by atoms with Crippen LogP contribution < -0.4 is 16.4 Å². The van der Waals surface area contributed by atoms with Crippen molar-refractivity contribution in [1.82, 2.24) is 5.32 Å². The number of amides is 2. The van der Waals surface area contributed by atoms with E-state index >= 15 is 0 Å². The first-order valence-corrected chi connectivity index (χ1v) is 5.93. The van der Waals surface area contributed by atoms with Crippen LogP contribution in [-0.2, 0) is 0 Å². The molecule has 0 aliphatic rings. The molecule has 92 valence electrons. The Morgan fingerprint density at radius 3 is 2.59 bits per heavy atom. The number of carbonyl (C=O) groups is 1. The molecule has 2 amide bonds. The van der Waals surface area contributed by atoms with Gasteiger partial charge in [0.1, 0.15) is 0 Å². The molecule has 4 N–H and O–H groups in total. The molecule has 0 fully saturated rings. The lowest BCUT2D eigenvalue weighted by molar-refractivity contribution is 0.248. The number of benzene rings is 1. The largest absolute Gasteiger partial charge is 0.393 e. The molecule has 0 aliphatic heterocycles. The van der Waals surface area contributed by atoms with Crippen molar-refractivity contribution in [2.75, 3.05) is 5.32 Å². The normalized spacial score (nSPS) is 11.6. The monoisotopic (exact) mass is 251 g/mol. The molecule has 0 saturated heterocycles. The topological polar surface area (TPSA) is 67.1 Å². The number of anilines is 1. The fraction of sp³-hybridized carbons (Fsp3) is 0.333. The predicted octanol–water partition coefficient (Wildman–Crippen LogP) is 2.26. The summed E-state index contributed by atoms with van der Waals surface area (Å²) < 4.78 is 0. The van der Waals surface area contributed by atoms with E-state index in [0.29, 0.717) is 11.4 Å². The Balaban J connectivity index is 2.45. The molecular formula is C12H17N3OS. The average Bonchev–Trinajstić information content (AvgIpc) is 2.28. The first-order valence-electron chi connectivity index (χ1n) is 5.52. The number of carbonyl (C=O) groups excluding carboxylic acids is 1. The number of nitrogens with two attached hydrogens (primary N) is 1. The quantitative estimate of drug-likeness (QED) is 0.703. The van der Waals surface area contributed by atoms with Gasteiger partial charge in [-0.15, -0.1) is 0 Å². The summed E-state index contributed by atoms with van der Waals surface area (Å²) in [5, 5.41) is 5.57. The molecule has 0 radical (unpaired) electrons. The summed E-state index contributed by atoms with van der Waals surface area (Å²) in [5.41, 5.74) is 6.22. The van der Waals surface area contributed by atoms with Gasteiger partial charge in [-0.2, -0.15) is 0 Å². The van der Waals surface area contributed by atoms with Crippen LogP contribution in [0.3, 0.4) is 0 Å². The van der Waals surface area contributed by atoms with Crippen LogP contribution in [0.4, 0.5) is 10.5 Å². The summed E-state index contributed by atoms with van der Waals surface area (Å²) in [6, 6.07) is 9.02. The highest BCUT2D eigenvalue weighted by Crippen LogP contribution is 2.05. The summed E-state index contributed by atoms with van der Waals surface area (Å²) in [5.74, 6) is 0. The van der Waals surface area contributed by atoms with Gasteiger partial charge in [0.2, 0.25) is 0 Å². The first kappa shape index (κ1) is 13.4. The summed E-state index contributed by atoms with van der Waals surface area (Å²) in [4.78, 5) is 12.1. The molecule has 4 nitrogen and oxygen atoms in total. The Labute approximate surface area is 107 Å². The van der Waals surface area contributed by atoms with Crippen molar-refractivity contribution in [3.05, 3.63) is 30.3 Å². The zero-order valence-electron chi connectivity index (χ0n) is 9.77. The highest BCUT2D eigenvalue weighted by atomic mass is 32.1. The van der Waals surface area contributed by atoms with Crippen LogP contribution in [0.5, 0.6) is 0 Å². The van der Waals surface area contributed by atoms with Crippen LogP contribution in [0.25, 0.3) is 0 Å². The highest BCUT2D eigenvalue weighted by molar-refractivity contribution is 7.80. The van der Waals surface area contributed by atoms with Crippen molar-refractivity contribution in [2.45, 2.75) is 25.8 Å². The molecule has 1 unspecified atom stereocenters. The van der Waals surface area contributed by atoms with Crippen LogP contribution in [0.15, 0.2) is 30.3 Å². The van der Waals surface area contributed by atoms with E-state index in [-0.39, 0.29) is 12.1 Å². The molecule has 5 heteroatoms. The standard InChI is InChI=1S/C12H17N3OS/c1-2-9(8-11(13)17)14-12(16)15-10-6-4-3-5-7-10/h3-7,9H,2,8H2,1H3,(H2,13,17)(H2,14,15,16). The molecule has 1 atom stereocenters. The van der Waals surface area contributed by atoms with Gasteiger partial charge in [0.25, 0.3) is 0 Å². The number of rotatable bonds is 5. The zero-order valence-corrected chi connectivity index (χ0v) is 10.6. The predicted molar refractivity (Wildman–Crippen MR) is 74.1 cm³/mol. The number of hydrogen-bond acceptors (Lipinski definition) is 2. The fourth-order valence-corrected chi connectivity index (χ4v) is 1.62. The van der Waals surface area contributed by atoms with E-state index < -0.39 is 0 Å². The van der Waals surface area contributed by atoms with Gasteiger partial charge in [-0.3, -0.25) is 0 Å². The van der Waals surface area contributed by atoms with Gasteiger partial charge in [0.15, 0.2) is 0 Å². The minimum absolute atomic E-state index is 0.0174. The maximum absolute atomic E-state index is 11.7. The number of para-hydroxylation sites is 1. The van der Waals surface area contributed by atoms with Crippen molar-refractivity contribution < 1.29 is 4.79 Å². The Kier molecular flexibility index (Phi) is 5.42. The van der Waals surface area contributed by atoms with Crippen molar-refractivity contribution in [1.29, 1.82) is 0 Å². The lowest BCUT2D eigenvalue weighted by Gasteiger charge is -2.16. The number of hydrogen-bond donors (Lipinski definition) is 3. The van der Waals surface area contributed by atoms with E-state index in [1.807, 2.05) is 37.3 Å². The Hall–Kier alpha value is -1.62. The van der Waals surface area contributed by atoms with Crippen molar-refractivity contribution in [3.8, 4) is 0 Å². The third-order valence-corrected chi connectivity index (χ3v) is 2.47. The van der Waals surface area contributed by atoms with Gasteiger partial charge < -0.3 is 16.4 Å². The van der Waals surface area contributed by atoms with E-state index in [1.54, 1.807) is 0 Å². The smallest absolute Gasteiger partial charge is 0.319 e. The van der Waals surface area contributed by atoms with Crippen LogP contribution in [0, 0.1) is 0 Å². The van der Waals surface area contributed by atoms with Crippen LogP contribution in [-0.4, -0.2) is 17.1 Å². The molecule has 1 aromatic carbocycles. The van der Waals surface area contributed by atoms with E-state index in [4.69, 9.17) is 18.0 Å². The highest BCUT2D eigenvalue weighted by Gasteiger charge is 2.11. The molecular weight excluding hydrogens is 234 g/mol. The van der Waals surface area contributed by atoms with Gasteiger partial charge in [-0.05, 0) is 18.6 Å². The third kappa shape index (κ3) is 5.31. The fourth-order valence-electron chi connectivity index (χ4n) is 1.41. The summed E-state index contributed by atoms with van der Waals surface area (Å²) in [6.45, 7) is 1.98. The van der Waals surface area contributed by atoms with Gasteiger partial charge in [0.05, 0.1) is 4.99 Å². The number of urea groups is 1. The Morgan fingerprint density at radius 2 is 2.06 bits per heavy atom. The molecule has 0 aromatic heterocycles. The second-order valence-electron chi connectivity index (χ2n) is 3.74. The summed E-state index contributed by atoms with van der Waals surface area (Å²) >= 11 is 4.83. The Bertz CT molecular complexity index is 381. The maximum atomic E-state index is 11.7.